The fourth-order valence-corrected chi connectivity index (χ4v) is 10.6. The maximum absolute atomic E-state index is 4.99. The molecule has 0 saturated carbocycles. The molecule has 0 unspecified atom stereocenters. The van der Waals surface area contributed by atoms with Crippen molar-refractivity contribution < 1.29 is 0 Å². The summed E-state index contributed by atoms with van der Waals surface area (Å²) in [7, 11) is 0. The highest BCUT2D eigenvalue weighted by molar-refractivity contribution is 6.11. The fraction of sp³-hybridized carbons (Fsp3) is 0. The van der Waals surface area contributed by atoms with Gasteiger partial charge in [-0.3, -0.25) is 15.0 Å². The van der Waals surface area contributed by atoms with E-state index in [9.17, 15) is 0 Å². The van der Waals surface area contributed by atoms with E-state index in [-0.39, 0.29) is 0 Å². The van der Waals surface area contributed by atoms with Crippen molar-refractivity contribution in [1.29, 1.82) is 0 Å². The Kier molecular flexibility index (Phi) is 11.6. The summed E-state index contributed by atoms with van der Waals surface area (Å²) in [5.41, 5.74) is 23.7. The van der Waals surface area contributed by atoms with Gasteiger partial charge in [0.15, 0.2) is 0 Å². The first kappa shape index (κ1) is 44.1. The van der Waals surface area contributed by atoms with Crippen LogP contribution in [0.4, 0.5) is 0 Å². The third-order valence-corrected chi connectivity index (χ3v) is 14.3. The average molecular weight is 942 g/mol. The third kappa shape index (κ3) is 8.53. The first-order valence-corrected chi connectivity index (χ1v) is 25.1. The molecule has 3 heterocycles. The van der Waals surface area contributed by atoms with Crippen molar-refractivity contribution in [3.05, 3.63) is 286 Å². The minimum atomic E-state index is 0.958. The molecular weight excluding hydrogens is 895 g/mol. The predicted octanol–water partition coefficient (Wildman–Crippen LogP) is 18.8. The van der Waals surface area contributed by atoms with Crippen molar-refractivity contribution in [2.75, 3.05) is 0 Å². The molecule has 13 rings (SSSR count). The van der Waals surface area contributed by atoms with Crippen molar-refractivity contribution in [3.8, 4) is 112 Å². The summed E-state index contributed by atoms with van der Waals surface area (Å²) in [6, 6.07) is 96.1. The van der Waals surface area contributed by atoms with Gasteiger partial charge in [-0.05, 0) is 149 Å². The maximum Gasteiger partial charge on any atom is 0.0786 e. The van der Waals surface area contributed by atoms with Crippen molar-refractivity contribution in [3.63, 3.8) is 0 Å². The van der Waals surface area contributed by atoms with Crippen molar-refractivity contribution in [1.82, 2.24) is 15.0 Å². The molecule has 0 aliphatic heterocycles. The van der Waals surface area contributed by atoms with Crippen LogP contribution in [0.3, 0.4) is 0 Å². The summed E-state index contributed by atoms with van der Waals surface area (Å²) in [6.45, 7) is 0. The van der Waals surface area contributed by atoms with E-state index in [0.717, 1.165) is 111 Å². The van der Waals surface area contributed by atoms with Crippen molar-refractivity contribution >= 4 is 21.7 Å². The first-order valence-electron chi connectivity index (χ1n) is 25.1. The quantitative estimate of drug-likeness (QED) is 0.128. The van der Waals surface area contributed by atoms with Crippen LogP contribution in [0.15, 0.2) is 286 Å². The molecule has 13 aromatic rings. The normalized spacial score (nSPS) is 11.2. The first-order chi connectivity index (χ1) is 36.7. The van der Waals surface area contributed by atoms with E-state index in [2.05, 4.69) is 253 Å². The topological polar surface area (TPSA) is 38.7 Å². The molecule has 0 spiro atoms. The minimum absolute atomic E-state index is 0.958. The van der Waals surface area contributed by atoms with Crippen LogP contribution in [0.1, 0.15) is 0 Å². The SMILES string of the molecule is c1ccc(-c2ccc(-c3ccnc4c3ccc3cc(-c5ccccc5-c5cc(-c6ccccc6-c6ccc(-c7ccccn7)cc6)cc(-c6ccccc6-c6ccc(-c7ccccn7)cc6)c5)ccc34)cc2)cc1. The highest BCUT2D eigenvalue weighted by Crippen LogP contribution is 2.43. The highest BCUT2D eigenvalue weighted by Gasteiger charge is 2.18. The standard InChI is InChI=1S/C71H47N3/c1-2-14-48(15-3-1)49-24-26-52(27-25-49)66-40-43-74-71-67-38-36-55(44-56(67)37-39-68(66)71)62-18-6-9-21-65(62)59-46-57(63-19-7-4-16-60(63)50-28-32-53(33-29-50)69-22-10-12-41-72-69)45-58(47-59)64-20-8-5-17-61(64)51-30-34-54(35-31-51)70-23-11-13-42-73-70/h1-47H. The van der Waals surface area contributed by atoms with E-state index in [1.807, 2.05) is 42.9 Å². The second-order valence-corrected chi connectivity index (χ2v) is 18.7. The van der Waals surface area contributed by atoms with Gasteiger partial charge in [-0.15, -0.1) is 0 Å². The molecule has 0 aliphatic rings. The maximum atomic E-state index is 4.99. The van der Waals surface area contributed by atoms with E-state index < -0.39 is 0 Å². The molecule has 0 fully saturated rings. The van der Waals surface area contributed by atoms with Gasteiger partial charge >= 0.3 is 0 Å². The number of hydrogen-bond donors (Lipinski definition) is 0. The van der Waals surface area contributed by atoms with Crippen molar-refractivity contribution in [2.45, 2.75) is 0 Å². The van der Waals surface area contributed by atoms with E-state index in [4.69, 9.17) is 4.98 Å². The van der Waals surface area contributed by atoms with Gasteiger partial charge in [-0.1, -0.05) is 212 Å². The summed E-state index contributed by atoms with van der Waals surface area (Å²) in [5.74, 6) is 0. The summed E-state index contributed by atoms with van der Waals surface area (Å²) in [4.78, 5) is 14.2. The summed E-state index contributed by atoms with van der Waals surface area (Å²) in [5, 5.41) is 3.42. The Morgan fingerprint density at radius 1 is 0.189 bits per heavy atom. The zero-order chi connectivity index (χ0) is 49.2. The Morgan fingerprint density at radius 2 is 0.568 bits per heavy atom. The molecule has 0 bridgehead atoms. The number of hydrogen-bond acceptors (Lipinski definition) is 3. The Morgan fingerprint density at radius 3 is 1.05 bits per heavy atom. The van der Waals surface area contributed by atoms with Crippen LogP contribution in [0.2, 0.25) is 0 Å². The van der Waals surface area contributed by atoms with Gasteiger partial charge in [-0.25, -0.2) is 0 Å². The molecular formula is C71H47N3. The van der Waals surface area contributed by atoms with E-state index in [1.165, 1.54) is 22.3 Å². The Hall–Kier alpha value is -9.83. The summed E-state index contributed by atoms with van der Waals surface area (Å²) < 4.78 is 0. The number of pyridine rings is 3. The lowest BCUT2D eigenvalue weighted by Crippen LogP contribution is -1.92. The Labute approximate surface area is 431 Å². The van der Waals surface area contributed by atoms with Crippen LogP contribution in [-0.4, -0.2) is 15.0 Å². The van der Waals surface area contributed by atoms with Gasteiger partial charge in [0.1, 0.15) is 0 Å². The average Bonchev–Trinajstić information content (AvgIpc) is 3.50. The molecule has 74 heavy (non-hydrogen) atoms. The second-order valence-electron chi connectivity index (χ2n) is 18.7. The number of nitrogens with zero attached hydrogens (tertiary/aromatic N) is 3. The zero-order valence-electron chi connectivity index (χ0n) is 40.5. The molecule has 3 heteroatoms. The van der Waals surface area contributed by atoms with Gasteiger partial charge in [0.05, 0.1) is 16.9 Å². The second kappa shape index (κ2) is 19.4. The zero-order valence-corrected chi connectivity index (χ0v) is 40.5. The molecule has 0 atom stereocenters. The Balaban J connectivity index is 0.925. The van der Waals surface area contributed by atoms with Gasteiger partial charge in [0, 0.05) is 40.5 Å². The van der Waals surface area contributed by atoms with Gasteiger partial charge < -0.3 is 0 Å². The van der Waals surface area contributed by atoms with Gasteiger partial charge in [0.25, 0.3) is 0 Å². The number of fused-ring (bicyclic) bond motifs is 3. The van der Waals surface area contributed by atoms with Gasteiger partial charge in [-0.2, -0.15) is 0 Å². The van der Waals surface area contributed by atoms with E-state index in [1.54, 1.807) is 0 Å². The van der Waals surface area contributed by atoms with Crippen LogP contribution in [-0.2, 0) is 0 Å². The molecule has 3 nitrogen and oxygen atoms in total. The van der Waals surface area contributed by atoms with Crippen LogP contribution < -0.4 is 0 Å². The largest absolute Gasteiger partial charge is 0.256 e. The van der Waals surface area contributed by atoms with E-state index in [0.29, 0.717) is 0 Å². The van der Waals surface area contributed by atoms with Crippen LogP contribution in [0.5, 0.6) is 0 Å². The summed E-state index contributed by atoms with van der Waals surface area (Å²) in [6.07, 6.45) is 5.64. The number of aromatic nitrogens is 3. The number of benzene rings is 10. The molecule has 0 aliphatic carbocycles. The lowest BCUT2D eigenvalue weighted by molar-refractivity contribution is 1.33. The molecule has 0 saturated heterocycles. The lowest BCUT2D eigenvalue weighted by Gasteiger charge is -2.18. The van der Waals surface area contributed by atoms with Crippen LogP contribution >= 0.6 is 0 Å². The van der Waals surface area contributed by atoms with Crippen molar-refractivity contribution in [2.24, 2.45) is 0 Å². The molecule has 346 valence electrons. The molecule has 10 aromatic carbocycles. The third-order valence-electron chi connectivity index (χ3n) is 14.3. The fourth-order valence-electron chi connectivity index (χ4n) is 10.6. The molecule has 0 amide bonds. The molecule has 3 aromatic heterocycles. The monoisotopic (exact) mass is 941 g/mol. The molecule has 0 radical (unpaired) electrons. The molecule has 0 N–H and O–H groups in total. The number of rotatable bonds is 10. The van der Waals surface area contributed by atoms with E-state index >= 15 is 0 Å². The van der Waals surface area contributed by atoms with Gasteiger partial charge in [0.2, 0.25) is 0 Å². The lowest BCUT2D eigenvalue weighted by atomic mass is 9.86. The van der Waals surface area contributed by atoms with Crippen LogP contribution in [0.25, 0.3) is 133 Å². The predicted molar refractivity (Wildman–Crippen MR) is 309 cm³/mol. The Bertz CT molecular complexity index is 3990. The highest BCUT2D eigenvalue weighted by atomic mass is 14.7. The minimum Gasteiger partial charge on any atom is -0.256 e. The smallest absolute Gasteiger partial charge is 0.0786 e. The van der Waals surface area contributed by atoms with Crippen LogP contribution in [0, 0.1) is 0 Å². The summed E-state index contributed by atoms with van der Waals surface area (Å²) >= 11 is 0.